The molecule has 6 heteroatoms. The lowest BCUT2D eigenvalue weighted by molar-refractivity contribution is -0.122. The Kier molecular flexibility index (Phi) is 5.58. The van der Waals surface area contributed by atoms with Gasteiger partial charge in [-0.1, -0.05) is 36.4 Å². The van der Waals surface area contributed by atoms with Gasteiger partial charge in [-0.3, -0.25) is 4.79 Å². The third kappa shape index (κ3) is 5.03. The Bertz CT molecular complexity index is 859. The zero-order chi connectivity index (χ0) is 20.3. The van der Waals surface area contributed by atoms with E-state index >= 15 is 0 Å². The first-order valence-corrected chi connectivity index (χ1v) is 9.36. The zero-order valence-electron chi connectivity index (χ0n) is 16.6. The van der Waals surface area contributed by atoms with Gasteiger partial charge < -0.3 is 20.1 Å². The second-order valence-corrected chi connectivity index (χ2v) is 7.89. The van der Waals surface area contributed by atoms with Crippen molar-refractivity contribution in [1.29, 1.82) is 0 Å². The number of carbonyl (C=O) groups is 2. The number of hydrogen-bond donors (Lipinski definition) is 2. The van der Waals surface area contributed by atoms with Gasteiger partial charge in [-0.05, 0) is 57.4 Å². The van der Waals surface area contributed by atoms with E-state index in [9.17, 15) is 9.59 Å². The van der Waals surface area contributed by atoms with Crippen LogP contribution < -0.4 is 15.4 Å². The lowest BCUT2D eigenvalue weighted by Gasteiger charge is -2.27. The summed E-state index contributed by atoms with van der Waals surface area (Å²) in [5.74, 6) is 0.427. The van der Waals surface area contributed by atoms with Crippen molar-refractivity contribution in [3.63, 3.8) is 0 Å². The van der Waals surface area contributed by atoms with Crippen molar-refractivity contribution < 1.29 is 19.1 Å². The lowest BCUT2D eigenvalue weighted by atomic mass is 9.98. The molecule has 0 fully saturated rings. The largest absolute Gasteiger partial charge is 0.479 e. The predicted octanol–water partition coefficient (Wildman–Crippen LogP) is 4.21. The topological polar surface area (TPSA) is 76.7 Å². The highest BCUT2D eigenvalue weighted by Gasteiger charge is 2.26. The van der Waals surface area contributed by atoms with Gasteiger partial charge in [-0.2, -0.15) is 0 Å². The van der Waals surface area contributed by atoms with Crippen LogP contribution in [0.5, 0.6) is 5.75 Å². The number of benzene rings is 2. The van der Waals surface area contributed by atoms with Gasteiger partial charge in [-0.15, -0.1) is 0 Å². The van der Waals surface area contributed by atoms with Crippen LogP contribution in [0.3, 0.4) is 0 Å². The average Bonchev–Trinajstić information content (AvgIpc) is 2.61. The Morgan fingerprint density at radius 3 is 2.61 bits per heavy atom. The lowest BCUT2D eigenvalue weighted by Crippen LogP contribution is -2.36. The van der Waals surface area contributed by atoms with Crippen LogP contribution in [0.2, 0.25) is 0 Å². The molecule has 0 radical (unpaired) electrons. The number of alkyl carbamates (subject to hydrolysis) is 1. The zero-order valence-corrected chi connectivity index (χ0v) is 16.6. The number of ether oxygens (including phenoxy) is 2. The van der Waals surface area contributed by atoms with Crippen LogP contribution >= 0.6 is 0 Å². The summed E-state index contributed by atoms with van der Waals surface area (Å²) in [7, 11) is 0. The molecular weight excluding hydrogens is 356 g/mol. The van der Waals surface area contributed by atoms with Gasteiger partial charge in [0.2, 0.25) is 0 Å². The number of amides is 2. The number of fused-ring (bicyclic) bond motifs is 1. The standard InChI is InChI=1S/C22H26N2O4/c1-14-20(25)23-18-13-16(10-11-19(18)27-14)17(12-15-8-6-5-7-9-15)24-21(26)28-22(2,3)4/h5-11,13-14,17H,12H2,1-4H3,(H,23,25)(H,24,26). The number of nitrogens with one attached hydrogen (secondary N) is 2. The summed E-state index contributed by atoms with van der Waals surface area (Å²) in [5.41, 5.74) is 1.95. The molecule has 1 aliphatic rings. The highest BCUT2D eigenvalue weighted by molar-refractivity contribution is 5.97. The molecule has 0 saturated carbocycles. The van der Waals surface area contributed by atoms with Crippen LogP contribution in [0.4, 0.5) is 10.5 Å². The summed E-state index contributed by atoms with van der Waals surface area (Å²) in [6.07, 6.45) is -0.428. The fourth-order valence-electron chi connectivity index (χ4n) is 2.99. The van der Waals surface area contributed by atoms with Crippen molar-refractivity contribution in [2.45, 2.75) is 51.9 Å². The average molecular weight is 382 g/mol. The van der Waals surface area contributed by atoms with Gasteiger partial charge in [-0.25, -0.2) is 4.79 Å². The fraction of sp³-hybridized carbons (Fsp3) is 0.364. The second kappa shape index (κ2) is 7.92. The maximum Gasteiger partial charge on any atom is 0.408 e. The van der Waals surface area contributed by atoms with E-state index in [1.807, 2.05) is 69.3 Å². The van der Waals surface area contributed by atoms with Crippen molar-refractivity contribution >= 4 is 17.7 Å². The molecule has 0 aromatic heterocycles. The number of carbonyl (C=O) groups excluding carboxylic acids is 2. The van der Waals surface area contributed by atoms with E-state index in [2.05, 4.69) is 10.6 Å². The molecule has 6 nitrogen and oxygen atoms in total. The highest BCUT2D eigenvalue weighted by Crippen LogP contribution is 2.33. The summed E-state index contributed by atoms with van der Waals surface area (Å²) >= 11 is 0. The van der Waals surface area contributed by atoms with Gasteiger partial charge in [0.05, 0.1) is 11.7 Å². The monoisotopic (exact) mass is 382 g/mol. The molecule has 0 bridgehead atoms. The predicted molar refractivity (Wildman–Crippen MR) is 107 cm³/mol. The molecule has 3 rings (SSSR count). The number of anilines is 1. The Balaban J connectivity index is 1.87. The normalized spacial score (nSPS) is 17.0. The maximum absolute atomic E-state index is 12.4. The molecule has 2 unspecified atom stereocenters. The summed E-state index contributed by atoms with van der Waals surface area (Å²) in [5, 5.41) is 5.80. The molecule has 28 heavy (non-hydrogen) atoms. The second-order valence-electron chi connectivity index (χ2n) is 7.89. The van der Waals surface area contributed by atoms with Crippen molar-refractivity contribution in [3.8, 4) is 5.75 Å². The highest BCUT2D eigenvalue weighted by atomic mass is 16.6. The molecule has 2 amide bonds. The minimum Gasteiger partial charge on any atom is -0.479 e. The van der Waals surface area contributed by atoms with E-state index in [0.717, 1.165) is 11.1 Å². The first kappa shape index (κ1) is 19.7. The molecule has 2 atom stereocenters. The number of rotatable bonds is 4. The first-order chi connectivity index (χ1) is 13.2. The van der Waals surface area contributed by atoms with E-state index in [1.165, 1.54) is 0 Å². The minimum atomic E-state index is -0.588. The van der Waals surface area contributed by atoms with Crippen molar-refractivity contribution in [1.82, 2.24) is 5.32 Å². The van der Waals surface area contributed by atoms with Crippen molar-refractivity contribution in [2.24, 2.45) is 0 Å². The molecule has 1 heterocycles. The molecule has 0 aliphatic carbocycles. The third-order valence-corrected chi connectivity index (χ3v) is 4.31. The van der Waals surface area contributed by atoms with Crippen LogP contribution in [0.25, 0.3) is 0 Å². The Labute approximate surface area is 165 Å². The first-order valence-electron chi connectivity index (χ1n) is 9.36. The van der Waals surface area contributed by atoms with Crippen LogP contribution in [0.15, 0.2) is 48.5 Å². The third-order valence-electron chi connectivity index (χ3n) is 4.31. The van der Waals surface area contributed by atoms with Crippen molar-refractivity contribution in [3.05, 3.63) is 59.7 Å². The van der Waals surface area contributed by atoms with Crippen LogP contribution in [0, 0.1) is 0 Å². The molecule has 2 N–H and O–H groups in total. The molecular formula is C22H26N2O4. The van der Waals surface area contributed by atoms with Gasteiger partial charge >= 0.3 is 6.09 Å². The van der Waals surface area contributed by atoms with E-state index < -0.39 is 17.8 Å². The molecule has 0 saturated heterocycles. The Morgan fingerprint density at radius 2 is 1.93 bits per heavy atom. The van der Waals surface area contributed by atoms with E-state index in [-0.39, 0.29) is 11.9 Å². The van der Waals surface area contributed by atoms with Gasteiger partial charge in [0.1, 0.15) is 11.4 Å². The minimum absolute atomic E-state index is 0.190. The molecule has 0 spiro atoms. The maximum atomic E-state index is 12.4. The fourth-order valence-corrected chi connectivity index (χ4v) is 2.99. The SMILES string of the molecule is CC1Oc2ccc(C(Cc3ccccc3)NC(=O)OC(C)(C)C)cc2NC1=O. The Morgan fingerprint density at radius 1 is 1.21 bits per heavy atom. The van der Waals surface area contributed by atoms with E-state index in [0.29, 0.717) is 17.9 Å². The quantitative estimate of drug-likeness (QED) is 0.830. The summed E-state index contributed by atoms with van der Waals surface area (Å²) in [6, 6.07) is 15.1. The van der Waals surface area contributed by atoms with E-state index in [1.54, 1.807) is 6.92 Å². The Hall–Kier alpha value is -3.02. The molecule has 2 aromatic rings. The van der Waals surface area contributed by atoms with Gasteiger partial charge in [0.25, 0.3) is 5.91 Å². The van der Waals surface area contributed by atoms with Crippen molar-refractivity contribution in [2.75, 3.05) is 5.32 Å². The van der Waals surface area contributed by atoms with Gasteiger partial charge in [0.15, 0.2) is 6.10 Å². The molecule has 148 valence electrons. The van der Waals surface area contributed by atoms with Gasteiger partial charge in [0, 0.05) is 0 Å². The van der Waals surface area contributed by atoms with Crippen LogP contribution in [-0.4, -0.2) is 23.7 Å². The summed E-state index contributed by atoms with van der Waals surface area (Å²) in [6.45, 7) is 7.18. The summed E-state index contributed by atoms with van der Waals surface area (Å²) < 4.78 is 11.0. The molecule has 1 aliphatic heterocycles. The molecule has 2 aromatic carbocycles. The van der Waals surface area contributed by atoms with E-state index in [4.69, 9.17) is 9.47 Å². The number of hydrogen-bond acceptors (Lipinski definition) is 4. The van der Waals surface area contributed by atoms with Crippen LogP contribution in [-0.2, 0) is 16.0 Å². The summed E-state index contributed by atoms with van der Waals surface area (Å²) in [4.78, 5) is 24.3. The smallest absolute Gasteiger partial charge is 0.408 e. The van der Waals surface area contributed by atoms with Crippen LogP contribution in [0.1, 0.15) is 44.9 Å².